The van der Waals surface area contributed by atoms with Crippen LogP contribution in [0.5, 0.6) is 0 Å². The zero-order valence-electron chi connectivity index (χ0n) is 12.7. The van der Waals surface area contributed by atoms with Crippen LogP contribution in [-0.2, 0) is 4.79 Å². The number of nitrogens with zero attached hydrogens (tertiary/aromatic N) is 3. The topological polar surface area (TPSA) is 72.4 Å². The number of carbonyl (C=O) groups excluding carboxylic acids is 1. The lowest BCUT2D eigenvalue weighted by atomic mass is 10.0. The summed E-state index contributed by atoms with van der Waals surface area (Å²) in [7, 11) is 0. The number of carbonyl (C=O) groups is 1. The van der Waals surface area contributed by atoms with E-state index in [-0.39, 0.29) is 5.91 Å². The van der Waals surface area contributed by atoms with Gasteiger partial charge in [-0.25, -0.2) is 0 Å². The van der Waals surface area contributed by atoms with E-state index in [1.807, 2.05) is 11.8 Å². The SMILES string of the molecule is Cc1occc1-c1nnc(SCC(=O)N2CCC[C@H](C)C2)o1. The third-order valence-electron chi connectivity index (χ3n) is 3.82. The number of rotatable bonds is 4. The van der Waals surface area contributed by atoms with Gasteiger partial charge < -0.3 is 13.7 Å². The summed E-state index contributed by atoms with van der Waals surface area (Å²) in [6, 6.07) is 1.79. The third kappa shape index (κ3) is 3.35. The van der Waals surface area contributed by atoms with E-state index in [0.29, 0.717) is 22.8 Å². The zero-order chi connectivity index (χ0) is 15.5. The second-order valence-electron chi connectivity index (χ2n) is 5.64. The number of furan rings is 1. The van der Waals surface area contributed by atoms with Crippen LogP contribution in [0, 0.1) is 12.8 Å². The van der Waals surface area contributed by atoms with Crippen LogP contribution in [0.1, 0.15) is 25.5 Å². The monoisotopic (exact) mass is 321 g/mol. The summed E-state index contributed by atoms with van der Waals surface area (Å²) in [5.74, 6) is 2.21. The van der Waals surface area contributed by atoms with Gasteiger partial charge in [-0.3, -0.25) is 4.79 Å². The highest BCUT2D eigenvalue weighted by molar-refractivity contribution is 7.99. The van der Waals surface area contributed by atoms with Gasteiger partial charge in [-0.2, -0.15) is 0 Å². The molecule has 2 aromatic rings. The first-order valence-electron chi connectivity index (χ1n) is 7.42. The summed E-state index contributed by atoms with van der Waals surface area (Å²) in [4.78, 5) is 14.1. The van der Waals surface area contributed by atoms with Crippen molar-refractivity contribution in [2.24, 2.45) is 5.92 Å². The maximum Gasteiger partial charge on any atom is 0.277 e. The molecule has 1 saturated heterocycles. The van der Waals surface area contributed by atoms with Crippen molar-refractivity contribution in [1.82, 2.24) is 15.1 Å². The Labute approximate surface area is 133 Å². The summed E-state index contributed by atoms with van der Waals surface area (Å²) < 4.78 is 10.8. The highest BCUT2D eigenvalue weighted by Gasteiger charge is 2.22. The van der Waals surface area contributed by atoms with Gasteiger partial charge in [0.1, 0.15) is 5.76 Å². The van der Waals surface area contributed by atoms with Crippen LogP contribution < -0.4 is 0 Å². The van der Waals surface area contributed by atoms with Crippen molar-refractivity contribution < 1.29 is 13.6 Å². The normalized spacial score (nSPS) is 18.6. The molecule has 1 amide bonds. The summed E-state index contributed by atoms with van der Waals surface area (Å²) in [5.41, 5.74) is 0.788. The van der Waals surface area contributed by atoms with Gasteiger partial charge in [-0.05, 0) is 31.7 Å². The quantitative estimate of drug-likeness (QED) is 0.806. The number of piperidine rings is 1. The van der Waals surface area contributed by atoms with E-state index in [1.165, 1.54) is 18.2 Å². The third-order valence-corrected chi connectivity index (χ3v) is 4.63. The molecule has 6 nitrogen and oxygen atoms in total. The first-order valence-corrected chi connectivity index (χ1v) is 8.40. The largest absolute Gasteiger partial charge is 0.469 e. The van der Waals surface area contributed by atoms with Crippen molar-refractivity contribution in [2.75, 3.05) is 18.8 Å². The van der Waals surface area contributed by atoms with Crippen LogP contribution in [0.3, 0.4) is 0 Å². The fraction of sp³-hybridized carbons (Fsp3) is 0.533. The molecular formula is C15H19N3O3S. The number of hydrogen-bond acceptors (Lipinski definition) is 6. The molecule has 0 N–H and O–H groups in total. The number of likely N-dealkylation sites (tertiary alicyclic amines) is 1. The number of aromatic nitrogens is 2. The molecule has 22 heavy (non-hydrogen) atoms. The summed E-state index contributed by atoms with van der Waals surface area (Å²) in [5, 5.41) is 8.39. The predicted octanol–water partition coefficient (Wildman–Crippen LogP) is 2.99. The zero-order valence-corrected chi connectivity index (χ0v) is 13.6. The van der Waals surface area contributed by atoms with Gasteiger partial charge in [0, 0.05) is 13.1 Å². The molecule has 0 aromatic carbocycles. The Morgan fingerprint density at radius 3 is 3.09 bits per heavy atom. The van der Waals surface area contributed by atoms with E-state index in [1.54, 1.807) is 12.3 Å². The van der Waals surface area contributed by atoms with Crippen LogP contribution in [0.15, 0.2) is 26.4 Å². The highest BCUT2D eigenvalue weighted by Crippen LogP contribution is 2.26. The number of amides is 1. The number of hydrogen-bond donors (Lipinski definition) is 0. The Morgan fingerprint density at radius 1 is 1.50 bits per heavy atom. The second kappa shape index (κ2) is 6.56. The van der Waals surface area contributed by atoms with E-state index in [2.05, 4.69) is 17.1 Å². The summed E-state index contributed by atoms with van der Waals surface area (Å²) in [6.45, 7) is 5.73. The van der Waals surface area contributed by atoms with Crippen LogP contribution in [0.25, 0.3) is 11.5 Å². The molecule has 0 unspecified atom stereocenters. The van der Waals surface area contributed by atoms with Gasteiger partial charge in [0.15, 0.2) is 0 Å². The maximum absolute atomic E-state index is 12.2. The Hall–Kier alpha value is -1.76. The summed E-state index contributed by atoms with van der Waals surface area (Å²) in [6.07, 6.45) is 3.87. The smallest absolute Gasteiger partial charge is 0.277 e. The Balaban J connectivity index is 1.57. The molecule has 118 valence electrons. The average molecular weight is 321 g/mol. The van der Waals surface area contributed by atoms with Crippen molar-refractivity contribution in [3.8, 4) is 11.5 Å². The van der Waals surface area contributed by atoms with Crippen LogP contribution in [-0.4, -0.2) is 39.8 Å². The molecule has 0 bridgehead atoms. The fourth-order valence-electron chi connectivity index (χ4n) is 2.61. The highest BCUT2D eigenvalue weighted by atomic mass is 32.2. The van der Waals surface area contributed by atoms with Crippen molar-refractivity contribution in [3.05, 3.63) is 18.1 Å². The minimum atomic E-state index is 0.135. The van der Waals surface area contributed by atoms with Gasteiger partial charge in [0.2, 0.25) is 5.91 Å². The molecular weight excluding hydrogens is 302 g/mol. The van der Waals surface area contributed by atoms with Crippen molar-refractivity contribution in [3.63, 3.8) is 0 Å². The van der Waals surface area contributed by atoms with Crippen LogP contribution in [0.2, 0.25) is 0 Å². The van der Waals surface area contributed by atoms with Gasteiger partial charge in [0.05, 0.1) is 17.6 Å². The molecule has 1 fully saturated rings. The minimum absolute atomic E-state index is 0.135. The summed E-state index contributed by atoms with van der Waals surface area (Å²) >= 11 is 1.29. The van der Waals surface area contributed by atoms with E-state index >= 15 is 0 Å². The van der Waals surface area contributed by atoms with E-state index in [0.717, 1.165) is 30.8 Å². The Kier molecular flexibility index (Phi) is 4.52. The molecule has 3 heterocycles. The molecule has 2 aromatic heterocycles. The van der Waals surface area contributed by atoms with Gasteiger partial charge in [-0.1, -0.05) is 18.7 Å². The van der Waals surface area contributed by atoms with Crippen molar-refractivity contribution >= 4 is 17.7 Å². The van der Waals surface area contributed by atoms with E-state index in [9.17, 15) is 4.79 Å². The molecule has 7 heteroatoms. The number of aryl methyl sites for hydroxylation is 1. The van der Waals surface area contributed by atoms with E-state index in [4.69, 9.17) is 8.83 Å². The van der Waals surface area contributed by atoms with Gasteiger partial charge >= 0.3 is 0 Å². The molecule has 0 spiro atoms. The van der Waals surface area contributed by atoms with E-state index < -0.39 is 0 Å². The molecule has 0 aliphatic carbocycles. The predicted molar refractivity (Wildman–Crippen MR) is 82.4 cm³/mol. The molecule has 1 aliphatic rings. The van der Waals surface area contributed by atoms with Crippen molar-refractivity contribution in [1.29, 1.82) is 0 Å². The molecule has 0 saturated carbocycles. The van der Waals surface area contributed by atoms with Gasteiger partial charge in [-0.15, -0.1) is 10.2 Å². The Bertz CT molecular complexity index is 652. The van der Waals surface area contributed by atoms with Crippen LogP contribution in [0.4, 0.5) is 0 Å². The molecule has 1 atom stereocenters. The standard InChI is InChI=1S/C15H19N3O3S/c1-10-4-3-6-18(8-10)13(19)9-22-15-17-16-14(21-15)12-5-7-20-11(12)2/h5,7,10H,3-4,6,8-9H2,1-2H3/t10-/m0/s1. The van der Waals surface area contributed by atoms with Crippen molar-refractivity contribution in [2.45, 2.75) is 31.9 Å². The lowest BCUT2D eigenvalue weighted by Gasteiger charge is -2.30. The lowest BCUT2D eigenvalue weighted by molar-refractivity contribution is -0.130. The molecule has 3 rings (SSSR count). The first kappa shape index (κ1) is 15.1. The maximum atomic E-state index is 12.2. The second-order valence-corrected chi connectivity index (χ2v) is 6.57. The van der Waals surface area contributed by atoms with Crippen LogP contribution >= 0.6 is 11.8 Å². The lowest BCUT2D eigenvalue weighted by Crippen LogP contribution is -2.40. The fourth-order valence-corrected chi connectivity index (χ4v) is 3.28. The van der Waals surface area contributed by atoms with Gasteiger partial charge in [0.25, 0.3) is 11.1 Å². The molecule has 1 aliphatic heterocycles. The molecule has 0 radical (unpaired) electrons. The Morgan fingerprint density at radius 2 is 2.36 bits per heavy atom. The minimum Gasteiger partial charge on any atom is -0.469 e. The number of thioether (sulfide) groups is 1. The average Bonchev–Trinajstić information content (AvgIpc) is 3.13. The first-order chi connectivity index (χ1) is 10.6.